The summed E-state index contributed by atoms with van der Waals surface area (Å²) >= 11 is 1.61. The van der Waals surface area contributed by atoms with Crippen molar-refractivity contribution in [2.45, 2.75) is 6.54 Å². The first kappa shape index (κ1) is 11.0. The number of nitrogens with two attached hydrogens (primary N) is 1. The van der Waals surface area contributed by atoms with Gasteiger partial charge in [-0.15, -0.1) is 11.3 Å². The molecular formula is C13H12N4S. The highest BCUT2D eigenvalue weighted by Crippen LogP contribution is 2.24. The third-order valence-electron chi connectivity index (χ3n) is 2.67. The van der Waals surface area contributed by atoms with Gasteiger partial charge in [-0.3, -0.25) is 0 Å². The molecule has 90 valence electrons. The highest BCUT2D eigenvalue weighted by atomic mass is 32.1. The summed E-state index contributed by atoms with van der Waals surface area (Å²) in [5.41, 5.74) is 7.66. The lowest BCUT2D eigenvalue weighted by atomic mass is 10.2. The van der Waals surface area contributed by atoms with E-state index in [0.717, 1.165) is 27.3 Å². The molecule has 0 saturated heterocycles. The number of hydrogen-bond donors (Lipinski definition) is 2. The minimum absolute atomic E-state index is 0.701. The number of benzene rings is 1. The normalized spacial score (nSPS) is 10.7. The summed E-state index contributed by atoms with van der Waals surface area (Å²) in [7, 11) is 0. The Morgan fingerprint density at radius 1 is 1.22 bits per heavy atom. The van der Waals surface area contributed by atoms with Crippen LogP contribution in [0.2, 0.25) is 0 Å². The standard InChI is InChI=1S/C13H12N4S/c14-10-3-1-2-9(6-10)7-15-12-11-4-5-18-13(11)17-8-16-12/h1-6,8H,7,14H2,(H,15,16,17). The van der Waals surface area contributed by atoms with Gasteiger partial charge >= 0.3 is 0 Å². The van der Waals surface area contributed by atoms with Crippen molar-refractivity contribution in [2.24, 2.45) is 0 Å². The van der Waals surface area contributed by atoms with Crippen LogP contribution in [-0.4, -0.2) is 9.97 Å². The van der Waals surface area contributed by atoms with Gasteiger partial charge in [0, 0.05) is 12.2 Å². The fourth-order valence-electron chi connectivity index (χ4n) is 1.82. The Kier molecular flexibility index (Phi) is 2.82. The minimum atomic E-state index is 0.701. The number of aromatic nitrogens is 2. The molecule has 0 spiro atoms. The third-order valence-corrected chi connectivity index (χ3v) is 3.49. The molecule has 0 aliphatic heterocycles. The topological polar surface area (TPSA) is 63.8 Å². The van der Waals surface area contributed by atoms with E-state index >= 15 is 0 Å². The first-order chi connectivity index (χ1) is 8.83. The zero-order valence-electron chi connectivity index (χ0n) is 9.63. The van der Waals surface area contributed by atoms with E-state index in [-0.39, 0.29) is 0 Å². The van der Waals surface area contributed by atoms with Crippen molar-refractivity contribution in [1.82, 2.24) is 9.97 Å². The molecule has 0 aliphatic carbocycles. The fourth-order valence-corrected chi connectivity index (χ4v) is 2.55. The van der Waals surface area contributed by atoms with Crippen molar-refractivity contribution in [3.05, 3.63) is 47.6 Å². The lowest BCUT2D eigenvalue weighted by Crippen LogP contribution is -2.02. The van der Waals surface area contributed by atoms with E-state index in [1.807, 2.05) is 35.7 Å². The van der Waals surface area contributed by atoms with Crippen molar-refractivity contribution < 1.29 is 0 Å². The number of nitrogen functional groups attached to an aromatic ring is 1. The molecule has 0 unspecified atom stereocenters. The quantitative estimate of drug-likeness (QED) is 0.707. The van der Waals surface area contributed by atoms with Gasteiger partial charge in [0.2, 0.25) is 0 Å². The molecule has 0 saturated carbocycles. The van der Waals surface area contributed by atoms with Crippen LogP contribution in [0.1, 0.15) is 5.56 Å². The van der Waals surface area contributed by atoms with Crippen LogP contribution in [0.5, 0.6) is 0 Å². The van der Waals surface area contributed by atoms with Crippen LogP contribution in [0, 0.1) is 0 Å². The first-order valence-corrected chi connectivity index (χ1v) is 6.47. The van der Waals surface area contributed by atoms with E-state index in [1.54, 1.807) is 17.7 Å². The molecule has 0 aliphatic rings. The van der Waals surface area contributed by atoms with Crippen molar-refractivity contribution in [1.29, 1.82) is 0 Å². The molecule has 1 aromatic carbocycles. The molecule has 18 heavy (non-hydrogen) atoms. The van der Waals surface area contributed by atoms with Crippen LogP contribution in [-0.2, 0) is 6.54 Å². The average molecular weight is 256 g/mol. The molecule has 4 nitrogen and oxygen atoms in total. The molecule has 0 bridgehead atoms. The summed E-state index contributed by atoms with van der Waals surface area (Å²) in [6, 6.07) is 9.85. The van der Waals surface area contributed by atoms with Crippen molar-refractivity contribution in [3.8, 4) is 0 Å². The van der Waals surface area contributed by atoms with Gasteiger partial charge in [0.15, 0.2) is 0 Å². The van der Waals surface area contributed by atoms with Gasteiger partial charge in [-0.25, -0.2) is 9.97 Å². The summed E-state index contributed by atoms with van der Waals surface area (Å²) in [4.78, 5) is 9.49. The van der Waals surface area contributed by atoms with Gasteiger partial charge in [0.1, 0.15) is 17.0 Å². The predicted octanol–water partition coefficient (Wildman–Crippen LogP) is 2.89. The maximum atomic E-state index is 5.75. The highest BCUT2D eigenvalue weighted by molar-refractivity contribution is 7.16. The number of rotatable bonds is 3. The van der Waals surface area contributed by atoms with Gasteiger partial charge in [-0.05, 0) is 29.1 Å². The Morgan fingerprint density at radius 2 is 2.17 bits per heavy atom. The number of nitrogens with one attached hydrogen (secondary N) is 1. The van der Waals surface area contributed by atoms with Gasteiger partial charge in [0.05, 0.1) is 5.39 Å². The number of fused-ring (bicyclic) bond motifs is 1. The fraction of sp³-hybridized carbons (Fsp3) is 0.0769. The number of nitrogens with zero attached hydrogens (tertiary/aromatic N) is 2. The van der Waals surface area contributed by atoms with Crippen LogP contribution < -0.4 is 11.1 Å². The Balaban J connectivity index is 1.83. The Morgan fingerprint density at radius 3 is 3.06 bits per heavy atom. The predicted molar refractivity (Wildman–Crippen MR) is 75.6 cm³/mol. The van der Waals surface area contributed by atoms with Crippen molar-refractivity contribution in [3.63, 3.8) is 0 Å². The Hall–Kier alpha value is -2.14. The van der Waals surface area contributed by atoms with E-state index in [1.165, 1.54) is 0 Å². The van der Waals surface area contributed by atoms with Gasteiger partial charge < -0.3 is 11.1 Å². The molecule has 2 heterocycles. The molecular weight excluding hydrogens is 244 g/mol. The SMILES string of the molecule is Nc1cccc(CNc2ncnc3sccc23)c1. The van der Waals surface area contributed by atoms with Crippen LogP contribution in [0.15, 0.2) is 42.0 Å². The van der Waals surface area contributed by atoms with Crippen molar-refractivity contribution >= 4 is 33.1 Å². The van der Waals surface area contributed by atoms with Crippen LogP contribution >= 0.6 is 11.3 Å². The molecule has 2 aromatic heterocycles. The van der Waals surface area contributed by atoms with Gasteiger partial charge in [-0.1, -0.05) is 12.1 Å². The highest BCUT2D eigenvalue weighted by Gasteiger charge is 2.04. The Bertz CT molecular complexity index is 677. The smallest absolute Gasteiger partial charge is 0.138 e. The van der Waals surface area contributed by atoms with E-state index in [0.29, 0.717) is 6.54 Å². The Labute approximate surface area is 109 Å². The summed E-state index contributed by atoms with van der Waals surface area (Å²) in [6.07, 6.45) is 1.58. The van der Waals surface area contributed by atoms with Crippen LogP contribution in [0.3, 0.4) is 0 Å². The van der Waals surface area contributed by atoms with E-state index in [4.69, 9.17) is 5.73 Å². The number of anilines is 2. The van der Waals surface area contributed by atoms with E-state index in [2.05, 4.69) is 15.3 Å². The summed E-state index contributed by atoms with van der Waals surface area (Å²) in [6.45, 7) is 0.701. The zero-order chi connectivity index (χ0) is 12.4. The van der Waals surface area contributed by atoms with E-state index < -0.39 is 0 Å². The van der Waals surface area contributed by atoms with Gasteiger partial charge in [0.25, 0.3) is 0 Å². The maximum absolute atomic E-state index is 5.75. The van der Waals surface area contributed by atoms with Crippen LogP contribution in [0.4, 0.5) is 11.5 Å². The van der Waals surface area contributed by atoms with Crippen molar-refractivity contribution in [2.75, 3.05) is 11.1 Å². The second kappa shape index (κ2) is 4.62. The third kappa shape index (κ3) is 2.12. The van der Waals surface area contributed by atoms with E-state index in [9.17, 15) is 0 Å². The maximum Gasteiger partial charge on any atom is 0.138 e. The largest absolute Gasteiger partial charge is 0.399 e. The molecule has 0 amide bonds. The number of thiophene rings is 1. The monoisotopic (exact) mass is 256 g/mol. The molecule has 0 radical (unpaired) electrons. The minimum Gasteiger partial charge on any atom is -0.399 e. The van der Waals surface area contributed by atoms with Gasteiger partial charge in [-0.2, -0.15) is 0 Å². The summed E-state index contributed by atoms with van der Waals surface area (Å²) in [5, 5.41) is 6.40. The zero-order valence-corrected chi connectivity index (χ0v) is 10.4. The van der Waals surface area contributed by atoms with Crippen LogP contribution in [0.25, 0.3) is 10.2 Å². The average Bonchev–Trinajstić information content (AvgIpc) is 2.85. The second-order valence-corrected chi connectivity index (χ2v) is 4.85. The molecule has 0 fully saturated rings. The summed E-state index contributed by atoms with van der Waals surface area (Å²) < 4.78 is 0. The number of hydrogen-bond acceptors (Lipinski definition) is 5. The lowest BCUT2D eigenvalue weighted by Gasteiger charge is -2.07. The molecule has 5 heteroatoms. The second-order valence-electron chi connectivity index (χ2n) is 3.96. The first-order valence-electron chi connectivity index (χ1n) is 5.59. The molecule has 3 rings (SSSR count). The lowest BCUT2D eigenvalue weighted by molar-refractivity contribution is 1.11. The molecule has 3 N–H and O–H groups in total. The summed E-state index contributed by atoms with van der Waals surface area (Å²) in [5.74, 6) is 0.865. The molecule has 3 aromatic rings. The molecule has 0 atom stereocenters.